The van der Waals surface area contributed by atoms with Crippen LogP contribution in [0.25, 0.3) is 0 Å². The lowest BCUT2D eigenvalue weighted by atomic mass is 9.96. The van der Waals surface area contributed by atoms with Crippen LogP contribution in [0, 0.1) is 0 Å². The molecule has 0 spiro atoms. The first-order valence-electron chi connectivity index (χ1n) is 7.71. The third-order valence-corrected chi connectivity index (χ3v) is 4.33. The number of carbonyl (C=O) groups is 1. The number of aromatic amines is 1. The summed E-state index contributed by atoms with van der Waals surface area (Å²) in [6, 6.07) is 0. The SMILES string of the molecule is CC1CN(C)CC(C(=O)N2CCC(c3n[nH]c(=O)o3)CC2)O1. The molecule has 2 atom stereocenters. The van der Waals surface area contributed by atoms with E-state index in [9.17, 15) is 9.59 Å². The van der Waals surface area contributed by atoms with Gasteiger partial charge in [0, 0.05) is 32.1 Å². The summed E-state index contributed by atoms with van der Waals surface area (Å²) in [5.74, 6) is 0.0673. The van der Waals surface area contributed by atoms with Crippen LogP contribution >= 0.6 is 0 Å². The van der Waals surface area contributed by atoms with Crippen LogP contribution in [0.5, 0.6) is 0 Å². The van der Waals surface area contributed by atoms with Gasteiger partial charge in [-0.2, -0.15) is 0 Å². The van der Waals surface area contributed by atoms with Crippen LogP contribution in [0.3, 0.4) is 0 Å². The van der Waals surface area contributed by atoms with E-state index in [0.29, 0.717) is 25.5 Å². The number of hydrogen-bond acceptors (Lipinski definition) is 6. The molecule has 2 unspecified atom stereocenters. The van der Waals surface area contributed by atoms with E-state index in [0.717, 1.165) is 19.4 Å². The fraction of sp³-hybridized carbons (Fsp3) is 0.786. The highest BCUT2D eigenvalue weighted by atomic mass is 16.5. The highest BCUT2D eigenvalue weighted by Crippen LogP contribution is 2.26. The van der Waals surface area contributed by atoms with Crippen LogP contribution in [-0.4, -0.2) is 71.3 Å². The summed E-state index contributed by atoms with van der Waals surface area (Å²) in [5, 5.41) is 6.16. The van der Waals surface area contributed by atoms with E-state index in [1.165, 1.54) is 0 Å². The number of likely N-dealkylation sites (N-methyl/N-ethyl adjacent to an activating group) is 1. The minimum Gasteiger partial charge on any atom is -0.392 e. The molecular formula is C14H22N4O4. The number of morpholine rings is 1. The average Bonchev–Trinajstić information content (AvgIpc) is 2.92. The lowest BCUT2D eigenvalue weighted by Crippen LogP contribution is -2.53. The van der Waals surface area contributed by atoms with Crippen LogP contribution in [0.2, 0.25) is 0 Å². The minimum atomic E-state index is -0.527. The predicted octanol–water partition coefficient (Wildman–Crippen LogP) is -0.212. The molecule has 2 fully saturated rings. The summed E-state index contributed by atoms with van der Waals surface area (Å²) in [4.78, 5) is 27.5. The molecule has 2 aliphatic rings. The number of likely N-dealkylation sites (tertiary alicyclic amines) is 1. The molecule has 1 aromatic rings. The lowest BCUT2D eigenvalue weighted by Gasteiger charge is -2.38. The summed E-state index contributed by atoms with van der Waals surface area (Å²) < 4.78 is 10.8. The molecule has 3 rings (SSSR count). The first kappa shape index (κ1) is 15.2. The minimum absolute atomic E-state index is 0.0559. The van der Waals surface area contributed by atoms with Crippen molar-refractivity contribution in [2.75, 3.05) is 33.2 Å². The molecule has 8 heteroatoms. The second kappa shape index (κ2) is 6.21. The number of carbonyl (C=O) groups excluding carboxylic acids is 1. The van der Waals surface area contributed by atoms with E-state index in [2.05, 4.69) is 15.1 Å². The quantitative estimate of drug-likeness (QED) is 0.812. The Morgan fingerprint density at radius 3 is 2.64 bits per heavy atom. The van der Waals surface area contributed by atoms with E-state index in [4.69, 9.17) is 9.15 Å². The Morgan fingerprint density at radius 1 is 1.32 bits per heavy atom. The van der Waals surface area contributed by atoms with Crippen LogP contribution in [0.1, 0.15) is 31.6 Å². The number of ether oxygens (including phenoxy) is 1. The van der Waals surface area contributed by atoms with Gasteiger partial charge in [-0.05, 0) is 26.8 Å². The number of nitrogens with zero attached hydrogens (tertiary/aromatic N) is 3. The van der Waals surface area contributed by atoms with Crippen LogP contribution in [0.4, 0.5) is 0 Å². The van der Waals surface area contributed by atoms with E-state index < -0.39 is 5.76 Å². The van der Waals surface area contributed by atoms with E-state index in [1.54, 1.807) is 0 Å². The third kappa shape index (κ3) is 3.22. The van der Waals surface area contributed by atoms with E-state index in [1.807, 2.05) is 18.9 Å². The molecule has 0 saturated carbocycles. The highest BCUT2D eigenvalue weighted by Gasteiger charge is 2.34. The van der Waals surface area contributed by atoms with Crippen molar-refractivity contribution in [1.29, 1.82) is 0 Å². The van der Waals surface area contributed by atoms with Gasteiger partial charge in [0.25, 0.3) is 5.91 Å². The number of rotatable bonds is 2. The molecule has 0 aliphatic carbocycles. The Bertz CT molecular complexity index is 565. The number of amides is 1. The van der Waals surface area contributed by atoms with E-state index >= 15 is 0 Å². The molecule has 8 nitrogen and oxygen atoms in total. The summed E-state index contributed by atoms with van der Waals surface area (Å²) in [5.41, 5.74) is 0. The predicted molar refractivity (Wildman–Crippen MR) is 77.5 cm³/mol. The Kier molecular flexibility index (Phi) is 4.30. The number of hydrogen-bond donors (Lipinski definition) is 1. The number of piperidine rings is 1. The molecule has 0 aromatic carbocycles. The van der Waals surface area contributed by atoms with Crippen molar-refractivity contribution in [3.8, 4) is 0 Å². The second-order valence-electron chi connectivity index (χ2n) is 6.21. The molecular weight excluding hydrogens is 288 g/mol. The Labute approximate surface area is 128 Å². The van der Waals surface area contributed by atoms with Gasteiger partial charge < -0.3 is 19.0 Å². The molecule has 2 saturated heterocycles. The van der Waals surface area contributed by atoms with Gasteiger partial charge in [0.1, 0.15) is 6.10 Å². The van der Waals surface area contributed by atoms with Crippen LogP contribution < -0.4 is 5.76 Å². The van der Waals surface area contributed by atoms with E-state index in [-0.39, 0.29) is 24.0 Å². The summed E-state index contributed by atoms with van der Waals surface area (Å²) in [6.45, 7) is 4.75. The van der Waals surface area contributed by atoms with Gasteiger partial charge in [-0.25, -0.2) is 9.89 Å². The maximum Gasteiger partial charge on any atom is 0.434 e. The third-order valence-electron chi connectivity index (χ3n) is 4.33. The van der Waals surface area contributed by atoms with Crippen molar-refractivity contribution in [1.82, 2.24) is 20.0 Å². The topological polar surface area (TPSA) is 91.7 Å². The molecule has 2 aliphatic heterocycles. The first-order valence-corrected chi connectivity index (χ1v) is 7.71. The van der Waals surface area contributed by atoms with Gasteiger partial charge >= 0.3 is 5.76 Å². The molecule has 22 heavy (non-hydrogen) atoms. The van der Waals surface area contributed by atoms with Crippen molar-refractivity contribution >= 4 is 5.91 Å². The smallest absolute Gasteiger partial charge is 0.392 e. The Hall–Kier alpha value is -1.67. The Morgan fingerprint density at radius 2 is 2.05 bits per heavy atom. The van der Waals surface area contributed by atoms with Crippen molar-refractivity contribution in [3.05, 3.63) is 16.4 Å². The van der Waals surface area contributed by atoms with Gasteiger partial charge in [0.15, 0.2) is 0 Å². The van der Waals surface area contributed by atoms with Gasteiger partial charge in [-0.1, -0.05) is 0 Å². The fourth-order valence-electron chi connectivity index (χ4n) is 3.27. The van der Waals surface area contributed by atoms with Crippen LogP contribution in [-0.2, 0) is 9.53 Å². The zero-order valence-corrected chi connectivity index (χ0v) is 12.9. The largest absolute Gasteiger partial charge is 0.434 e. The highest BCUT2D eigenvalue weighted by molar-refractivity contribution is 5.81. The van der Waals surface area contributed by atoms with Gasteiger partial charge in [0.05, 0.1) is 6.10 Å². The average molecular weight is 310 g/mol. The monoisotopic (exact) mass is 310 g/mol. The van der Waals surface area contributed by atoms with Crippen molar-refractivity contribution in [3.63, 3.8) is 0 Å². The normalized spacial score (nSPS) is 28.0. The maximum absolute atomic E-state index is 12.6. The second-order valence-corrected chi connectivity index (χ2v) is 6.21. The summed E-state index contributed by atoms with van der Waals surface area (Å²) >= 11 is 0. The van der Waals surface area contributed by atoms with Gasteiger partial charge in [-0.3, -0.25) is 4.79 Å². The van der Waals surface area contributed by atoms with Gasteiger partial charge in [0.2, 0.25) is 5.89 Å². The number of H-pyrrole nitrogens is 1. The molecule has 0 radical (unpaired) electrons. The van der Waals surface area contributed by atoms with Crippen molar-refractivity contribution in [2.24, 2.45) is 0 Å². The number of nitrogens with one attached hydrogen (secondary N) is 1. The summed E-state index contributed by atoms with van der Waals surface area (Å²) in [7, 11) is 2.01. The Balaban J connectivity index is 1.56. The molecule has 1 N–H and O–H groups in total. The molecule has 1 aromatic heterocycles. The standard InChI is InChI=1S/C14H22N4O4/c1-9-7-17(2)8-11(21-9)13(19)18-5-3-10(4-6-18)12-15-16-14(20)22-12/h9-11H,3-8H2,1-2H3,(H,16,20). The maximum atomic E-state index is 12.6. The number of aromatic nitrogens is 2. The zero-order valence-electron chi connectivity index (χ0n) is 12.9. The van der Waals surface area contributed by atoms with Crippen LogP contribution in [0.15, 0.2) is 9.21 Å². The fourth-order valence-corrected chi connectivity index (χ4v) is 3.27. The lowest BCUT2D eigenvalue weighted by molar-refractivity contribution is -0.156. The molecule has 1 amide bonds. The molecule has 122 valence electrons. The molecule has 3 heterocycles. The van der Waals surface area contributed by atoms with Crippen molar-refractivity contribution < 1.29 is 13.9 Å². The first-order chi connectivity index (χ1) is 10.5. The van der Waals surface area contributed by atoms with Gasteiger partial charge in [-0.15, -0.1) is 5.10 Å². The van der Waals surface area contributed by atoms with Crippen molar-refractivity contribution in [2.45, 2.75) is 37.9 Å². The zero-order chi connectivity index (χ0) is 15.7. The molecule has 0 bridgehead atoms. The summed E-state index contributed by atoms with van der Waals surface area (Å²) in [6.07, 6.45) is 1.19.